The largest absolute Gasteiger partial charge is 0.281 e. The molecule has 1 nitrogen and oxygen atoms in total. The summed E-state index contributed by atoms with van der Waals surface area (Å²) in [6.45, 7) is 0. The van der Waals surface area contributed by atoms with Gasteiger partial charge in [-0.05, 0) is 62.3 Å². The summed E-state index contributed by atoms with van der Waals surface area (Å²) in [5.41, 5.74) is 0.793. The molecule has 5 rings (SSSR count). The third-order valence-electron chi connectivity index (χ3n) is 4.91. The minimum atomic E-state index is 0.0817. The predicted octanol–water partition coefficient (Wildman–Crippen LogP) is 7.08. The van der Waals surface area contributed by atoms with Gasteiger partial charge in [0.25, 0.3) is 0 Å². The molecule has 0 saturated heterocycles. The standard InChI is InChI=1S/C25H16OS/c26-25(27-21-14-13-17-7-1-2-8-18(17)16-21)24-22-11-5-3-9-19(22)15-20-10-4-6-12-23(20)24/h1-16H. The quantitative estimate of drug-likeness (QED) is 0.246. The number of hydrogen-bond donors (Lipinski definition) is 0. The van der Waals surface area contributed by atoms with Crippen LogP contribution in [0.4, 0.5) is 0 Å². The second-order valence-corrected chi connectivity index (χ2v) is 7.64. The number of carbonyl (C=O) groups excluding carboxylic acids is 1. The number of fused-ring (bicyclic) bond motifs is 3. The SMILES string of the molecule is O=C(Sc1ccc2ccccc2c1)c1c2ccccc2cc2ccccc12. The smallest absolute Gasteiger partial charge is 0.225 e. The maximum absolute atomic E-state index is 13.3. The number of rotatable bonds is 2. The van der Waals surface area contributed by atoms with Gasteiger partial charge in [-0.25, -0.2) is 0 Å². The van der Waals surface area contributed by atoms with E-state index in [4.69, 9.17) is 0 Å². The summed E-state index contributed by atoms with van der Waals surface area (Å²) in [6, 6.07) is 32.8. The second kappa shape index (κ2) is 6.57. The van der Waals surface area contributed by atoms with E-state index in [1.165, 1.54) is 17.1 Å². The normalized spacial score (nSPS) is 11.3. The van der Waals surface area contributed by atoms with E-state index in [2.05, 4.69) is 42.5 Å². The topological polar surface area (TPSA) is 17.1 Å². The number of hydrogen-bond acceptors (Lipinski definition) is 2. The van der Waals surface area contributed by atoms with E-state index >= 15 is 0 Å². The fourth-order valence-electron chi connectivity index (χ4n) is 3.62. The minimum absolute atomic E-state index is 0.0817. The first-order valence-electron chi connectivity index (χ1n) is 8.91. The van der Waals surface area contributed by atoms with Crippen molar-refractivity contribution >= 4 is 49.2 Å². The van der Waals surface area contributed by atoms with Crippen LogP contribution in [0.2, 0.25) is 0 Å². The molecule has 128 valence electrons. The van der Waals surface area contributed by atoms with E-state index in [-0.39, 0.29) is 5.12 Å². The Bertz CT molecular complexity index is 1270. The highest BCUT2D eigenvalue weighted by molar-refractivity contribution is 8.14. The van der Waals surface area contributed by atoms with Gasteiger partial charge >= 0.3 is 0 Å². The first kappa shape index (κ1) is 16.1. The maximum Gasteiger partial charge on any atom is 0.225 e. The first-order chi connectivity index (χ1) is 13.3. The number of benzene rings is 5. The van der Waals surface area contributed by atoms with Crippen molar-refractivity contribution in [2.75, 3.05) is 0 Å². The van der Waals surface area contributed by atoms with E-state index in [1.807, 2.05) is 54.6 Å². The Morgan fingerprint density at radius 2 is 1.11 bits per heavy atom. The van der Waals surface area contributed by atoms with Crippen LogP contribution < -0.4 is 0 Å². The lowest BCUT2D eigenvalue weighted by Crippen LogP contribution is -1.97. The molecule has 0 fully saturated rings. The Kier molecular flexibility index (Phi) is 3.92. The Balaban J connectivity index is 1.65. The third kappa shape index (κ3) is 2.88. The molecule has 0 spiro atoms. The number of carbonyl (C=O) groups is 1. The average molecular weight is 364 g/mol. The van der Waals surface area contributed by atoms with Crippen LogP contribution in [0, 0.1) is 0 Å². The maximum atomic E-state index is 13.3. The van der Waals surface area contributed by atoms with E-state index < -0.39 is 0 Å². The zero-order chi connectivity index (χ0) is 18.2. The summed E-state index contributed by atoms with van der Waals surface area (Å²) in [6.07, 6.45) is 0. The monoisotopic (exact) mass is 364 g/mol. The van der Waals surface area contributed by atoms with Crippen LogP contribution in [0.3, 0.4) is 0 Å². The van der Waals surface area contributed by atoms with E-state index in [0.717, 1.165) is 37.4 Å². The molecule has 0 unspecified atom stereocenters. The highest BCUT2D eigenvalue weighted by atomic mass is 32.2. The summed E-state index contributed by atoms with van der Waals surface area (Å²) >= 11 is 1.30. The predicted molar refractivity (Wildman–Crippen MR) is 116 cm³/mol. The van der Waals surface area contributed by atoms with Crippen molar-refractivity contribution in [3.63, 3.8) is 0 Å². The van der Waals surface area contributed by atoms with Crippen molar-refractivity contribution in [1.82, 2.24) is 0 Å². The van der Waals surface area contributed by atoms with E-state index in [0.29, 0.717) is 0 Å². The van der Waals surface area contributed by atoms with Crippen LogP contribution in [0.25, 0.3) is 32.3 Å². The molecule has 5 aromatic rings. The van der Waals surface area contributed by atoms with Crippen molar-refractivity contribution in [2.24, 2.45) is 0 Å². The highest BCUT2D eigenvalue weighted by Gasteiger charge is 2.16. The molecular weight excluding hydrogens is 348 g/mol. The Hall–Kier alpha value is -3.10. The van der Waals surface area contributed by atoms with Gasteiger partial charge in [0.2, 0.25) is 5.12 Å². The van der Waals surface area contributed by atoms with Crippen LogP contribution in [0.1, 0.15) is 10.4 Å². The Morgan fingerprint density at radius 3 is 1.78 bits per heavy atom. The lowest BCUT2D eigenvalue weighted by atomic mass is 9.97. The molecule has 0 amide bonds. The molecule has 0 aromatic heterocycles. The number of thioether (sulfide) groups is 1. The summed E-state index contributed by atoms with van der Waals surface area (Å²) in [5, 5.41) is 6.63. The second-order valence-electron chi connectivity index (χ2n) is 6.59. The van der Waals surface area contributed by atoms with Crippen molar-refractivity contribution in [3.05, 3.63) is 103 Å². The molecule has 0 N–H and O–H groups in total. The third-order valence-corrected chi connectivity index (χ3v) is 5.79. The van der Waals surface area contributed by atoms with Crippen LogP contribution in [0.15, 0.2) is 102 Å². The minimum Gasteiger partial charge on any atom is -0.281 e. The zero-order valence-electron chi connectivity index (χ0n) is 14.6. The van der Waals surface area contributed by atoms with Crippen molar-refractivity contribution in [2.45, 2.75) is 4.90 Å². The summed E-state index contributed by atoms with van der Waals surface area (Å²) in [5.74, 6) is 0. The first-order valence-corrected chi connectivity index (χ1v) is 9.73. The van der Waals surface area contributed by atoms with Gasteiger partial charge in [-0.1, -0.05) is 78.9 Å². The molecule has 0 aliphatic heterocycles. The summed E-state index contributed by atoms with van der Waals surface area (Å²) in [4.78, 5) is 14.3. The molecule has 0 radical (unpaired) electrons. The molecule has 0 atom stereocenters. The Morgan fingerprint density at radius 1 is 0.556 bits per heavy atom. The van der Waals surface area contributed by atoms with E-state index in [1.54, 1.807) is 0 Å². The van der Waals surface area contributed by atoms with Gasteiger partial charge < -0.3 is 0 Å². The molecule has 27 heavy (non-hydrogen) atoms. The van der Waals surface area contributed by atoms with Gasteiger partial charge in [-0.2, -0.15) is 0 Å². The molecule has 0 aliphatic rings. The molecular formula is C25H16OS. The molecule has 0 aliphatic carbocycles. The van der Waals surface area contributed by atoms with Crippen molar-refractivity contribution in [3.8, 4) is 0 Å². The van der Waals surface area contributed by atoms with Gasteiger partial charge in [0.1, 0.15) is 0 Å². The molecule has 2 heteroatoms. The molecule has 0 saturated carbocycles. The van der Waals surface area contributed by atoms with Gasteiger partial charge in [-0.3, -0.25) is 4.79 Å². The molecule has 0 heterocycles. The average Bonchev–Trinajstić information content (AvgIpc) is 2.71. The van der Waals surface area contributed by atoms with Crippen LogP contribution in [-0.2, 0) is 0 Å². The van der Waals surface area contributed by atoms with Gasteiger partial charge in [0.15, 0.2) is 0 Å². The fraction of sp³-hybridized carbons (Fsp3) is 0. The fourth-order valence-corrected chi connectivity index (χ4v) is 4.48. The Labute approximate surface area is 161 Å². The van der Waals surface area contributed by atoms with Crippen LogP contribution >= 0.6 is 11.8 Å². The van der Waals surface area contributed by atoms with Gasteiger partial charge in [0.05, 0.1) is 0 Å². The van der Waals surface area contributed by atoms with Gasteiger partial charge in [-0.15, -0.1) is 0 Å². The van der Waals surface area contributed by atoms with Crippen molar-refractivity contribution < 1.29 is 4.79 Å². The molecule has 5 aromatic carbocycles. The van der Waals surface area contributed by atoms with Gasteiger partial charge in [0, 0.05) is 10.5 Å². The lowest BCUT2D eigenvalue weighted by molar-refractivity contribution is 0.109. The van der Waals surface area contributed by atoms with E-state index in [9.17, 15) is 4.79 Å². The summed E-state index contributed by atoms with van der Waals surface area (Å²) in [7, 11) is 0. The lowest BCUT2D eigenvalue weighted by Gasteiger charge is -2.11. The summed E-state index contributed by atoms with van der Waals surface area (Å²) < 4.78 is 0. The highest BCUT2D eigenvalue weighted by Crippen LogP contribution is 2.34. The zero-order valence-corrected chi connectivity index (χ0v) is 15.4. The molecule has 0 bridgehead atoms. The van der Waals surface area contributed by atoms with Crippen LogP contribution in [-0.4, -0.2) is 5.12 Å². The van der Waals surface area contributed by atoms with Crippen molar-refractivity contribution in [1.29, 1.82) is 0 Å². The van der Waals surface area contributed by atoms with Crippen LogP contribution in [0.5, 0.6) is 0 Å².